The predicted octanol–water partition coefficient (Wildman–Crippen LogP) is 1.87. The van der Waals surface area contributed by atoms with Gasteiger partial charge in [-0.3, -0.25) is 4.79 Å². The van der Waals surface area contributed by atoms with Gasteiger partial charge >= 0.3 is 0 Å². The molecule has 21 heavy (non-hydrogen) atoms. The molecule has 0 bridgehead atoms. The fourth-order valence-corrected chi connectivity index (χ4v) is 1.72. The second kappa shape index (κ2) is 9.23. The standard InChI is InChI=1S/C15H23ClN4O/c1-4-9-17-15(19-11-14(21)20(2)3)18-10-12-7-5-6-8-13(12)16/h5-8H,4,9-11H2,1-3H3,(H2,17,18,19). The summed E-state index contributed by atoms with van der Waals surface area (Å²) in [7, 11) is 3.45. The van der Waals surface area contributed by atoms with E-state index < -0.39 is 0 Å². The fourth-order valence-electron chi connectivity index (χ4n) is 1.53. The minimum atomic E-state index is -0.00116. The van der Waals surface area contributed by atoms with Crippen LogP contribution in [0.3, 0.4) is 0 Å². The number of hydrogen-bond acceptors (Lipinski definition) is 2. The minimum Gasteiger partial charge on any atom is -0.356 e. The molecule has 0 aromatic heterocycles. The first kappa shape index (κ1) is 17.3. The minimum absolute atomic E-state index is 0.00116. The summed E-state index contributed by atoms with van der Waals surface area (Å²) >= 11 is 6.11. The highest BCUT2D eigenvalue weighted by Gasteiger charge is 2.06. The molecule has 1 rings (SSSR count). The number of rotatable bonds is 6. The van der Waals surface area contributed by atoms with Gasteiger partial charge in [-0.25, -0.2) is 4.99 Å². The monoisotopic (exact) mass is 310 g/mol. The van der Waals surface area contributed by atoms with E-state index in [4.69, 9.17) is 11.6 Å². The zero-order valence-electron chi connectivity index (χ0n) is 12.8. The number of carbonyl (C=O) groups excluding carboxylic acids is 1. The van der Waals surface area contributed by atoms with Crippen molar-refractivity contribution in [3.05, 3.63) is 34.9 Å². The van der Waals surface area contributed by atoms with Crippen LogP contribution in [0.15, 0.2) is 29.3 Å². The number of carbonyl (C=O) groups is 1. The lowest BCUT2D eigenvalue weighted by atomic mass is 10.2. The Morgan fingerprint density at radius 2 is 2.00 bits per heavy atom. The summed E-state index contributed by atoms with van der Waals surface area (Å²) in [6.45, 7) is 3.55. The van der Waals surface area contributed by atoms with Crippen molar-refractivity contribution >= 4 is 23.5 Å². The molecule has 1 aromatic rings. The first-order chi connectivity index (χ1) is 10.0. The Morgan fingerprint density at radius 3 is 2.62 bits per heavy atom. The van der Waals surface area contributed by atoms with Crippen LogP contribution in [0.2, 0.25) is 5.02 Å². The Kier molecular flexibility index (Phi) is 7.61. The van der Waals surface area contributed by atoms with Crippen LogP contribution in [0, 0.1) is 0 Å². The summed E-state index contributed by atoms with van der Waals surface area (Å²) in [6.07, 6.45) is 0.981. The van der Waals surface area contributed by atoms with Crippen molar-refractivity contribution in [3.63, 3.8) is 0 Å². The molecule has 0 heterocycles. The third-order valence-electron chi connectivity index (χ3n) is 2.81. The molecule has 0 aliphatic rings. The highest BCUT2D eigenvalue weighted by Crippen LogP contribution is 2.15. The molecule has 116 valence electrons. The number of nitrogens with one attached hydrogen (secondary N) is 2. The van der Waals surface area contributed by atoms with Gasteiger partial charge in [0.15, 0.2) is 5.96 Å². The normalized spacial score (nSPS) is 11.1. The number of likely N-dealkylation sites (N-methyl/N-ethyl adjacent to an activating group) is 1. The Labute approximate surface area is 131 Å². The molecular formula is C15H23ClN4O. The molecule has 0 fully saturated rings. The molecule has 0 saturated carbocycles. The number of hydrogen-bond donors (Lipinski definition) is 2. The van der Waals surface area contributed by atoms with Gasteiger partial charge in [-0.2, -0.15) is 0 Å². The van der Waals surface area contributed by atoms with Gasteiger partial charge in [0.1, 0.15) is 0 Å². The first-order valence-corrected chi connectivity index (χ1v) is 7.38. The molecule has 0 saturated heterocycles. The van der Waals surface area contributed by atoms with Gasteiger partial charge < -0.3 is 15.5 Å². The summed E-state index contributed by atoms with van der Waals surface area (Å²) in [5.41, 5.74) is 0.954. The van der Waals surface area contributed by atoms with Gasteiger partial charge in [0.05, 0.1) is 13.1 Å². The number of nitrogens with zero attached hydrogens (tertiary/aromatic N) is 2. The Balaban J connectivity index is 2.65. The highest BCUT2D eigenvalue weighted by atomic mass is 35.5. The van der Waals surface area contributed by atoms with Gasteiger partial charge in [0.2, 0.25) is 5.91 Å². The van der Waals surface area contributed by atoms with Crippen molar-refractivity contribution < 1.29 is 4.79 Å². The average molecular weight is 311 g/mol. The summed E-state index contributed by atoms with van der Waals surface area (Å²) < 4.78 is 0. The molecule has 0 aliphatic carbocycles. The van der Waals surface area contributed by atoms with Crippen molar-refractivity contribution in [2.75, 3.05) is 27.2 Å². The Hall–Kier alpha value is -1.75. The average Bonchev–Trinajstić information content (AvgIpc) is 2.47. The maximum atomic E-state index is 11.6. The number of halogens is 1. The maximum Gasteiger partial charge on any atom is 0.241 e. The van der Waals surface area contributed by atoms with E-state index >= 15 is 0 Å². The Morgan fingerprint density at radius 1 is 1.29 bits per heavy atom. The molecule has 1 aromatic carbocycles. The van der Waals surface area contributed by atoms with Crippen LogP contribution >= 0.6 is 11.6 Å². The van der Waals surface area contributed by atoms with Crippen molar-refractivity contribution in [1.82, 2.24) is 15.5 Å². The molecule has 0 unspecified atom stereocenters. The van der Waals surface area contributed by atoms with Crippen LogP contribution in [-0.4, -0.2) is 44.0 Å². The summed E-state index contributed by atoms with van der Waals surface area (Å²) in [5.74, 6) is 0.616. The van der Waals surface area contributed by atoms with Gasteiger partial charge in [-0.1, -0.05) is 36.7 Å². The van der Waals surface area contributed by atoms with E-state index in [1.54, 1.807) is 19.0 Å². The van der Waals surface area contributed by atoms with Gasteiger partial charge in [0.25, 0.3) is 0 Å². The molecule has 0 atom stereocenters. The molecule has 0 aliphatic heterocycles. The van der Waals surface area contributed by atoms with Crippen LogP contribution in [0.4, 0.5) is 0 Å². The topological polar surface area (TPSA) is 56.7 Å². The van der Waals surface area contributed by atoms with Crippen LogP contribution in [-0.2, 0) is 11.3 Å². The Bertz CT molecular complexity index is 488. The number of guanidine groups is 1. The van der Waals surface area contributed by atoms with Gasteiger partial charge in [0, 0.05) is 25.7 Å². The quantitative estimate of drug-likeness (QED) is 0.623. The molecule has 5 nitrogen and oxygen atoms in total. The fraction of sp³-hybridized carbons (Fsp3) is 0.467. The third-order valence-corrected chi connectivity index (χ3v) is 3.18. The second-order valence-electron chi connectivity index (χ2n) is 4.82. The molecule has 6 heteroatoms. The lowest BCUT2D eigenvalue weighted by Gasteiger charge is -2.14. The van der Waals surface area contributed by atoms with Crippen LogP contribution in [0.25, 0.3) is 0 Å². The molecular weight excluding hydrogens is 288 g/mol. The third kappa shape index (κ3) is 6.49. The summed E-state index contributed by atoms with van der Waals surface area (Å²) in [4.78, 5) is 17.6. The highest BCUT2D eigenvalue weighted by molar-refractivity contribution is 6.31. The van der Waals surface area contributed by atoms with Crippen LogP contribution < -0.4 is 10.6 Å². The van der Waals surface area contributed by atoms with E-state index in [1.165, 1.54) is 0 Å². The largest absolute Gasteiger partial charge is 0.356 e. The van der Waals surface area contributed by atoms with E-state index in [-0.39, 0.29) is 12.5 Å². The summed E-state index contributed by atoms with van der Waals surface area (Å²) in [6, 6.07) is 7.60. The number of aliphatic imine (C=N–C) groups is 1. The van der Waals surface area contributed by atoms with Crippen molar-refractivity contribution in [2.45, 2.75) is 19.9 Å². The van der Waals surface area contributed by atoms with E-state index in [2.05, 4.69) is 22.5 Å². The molecule has 0 radical (unpaired) electrons. The summed E-state index contributed by atoms with van der Waals surface area (Å²) in [5, 5.41) is 6.90. The van der Waals surface area contributed by atoms with E-state index in [0.29, 0.717) is 17.5 Å². The van der Waals surface area contributed by atoms with Gasteiger partial charge in [-0.05, 0) is 18.1 Å². The van der Waals surface area contributed by atoms with E-state index in [1.807, 2.05) is 24.3 Å². The first-order valence-electron chi connectivity index (χ1n) is 7.00. The lowest BCUT2D eigenvalue weighted by molar-refractivity contribution is -0.127. The number of amides is 1. The molecule has 2 N–H and O–H groups in total. The van der Waals surface area contributed by atoms with Crippen molar-refractivity contribution in [3.8, 4) is 0 Å². The van der Waals surface area contributed by atoms with Crippen LogP contribution in [0.1, 0.15) is 18.9 Å². The number of benzene rings is 1. The predicted molar refractivity (Wildman–Crippen MR) is 87.6 cm³/mol. The van der Waals surface area contributed by atoms with Crippen molar-refractivity contribution in [2.24, 2.45) is 4.99 Å². The SMILES string of the molecule is CCCNC(=NCc1ccccc1Cl)NCC(=O)N(C)C. The van der Waals surface area contributed by atoms with Gasteiger partial charge in [-0.15, -0.1) is 0 Å². The van der Waals surface area contributed by atoms with E-state index in [9.17, 15) is 4.79 Å². The molecule has 1 amide bonds. The van der Waals surface area contributed by atoms with Crippen molar-refractivity contribution in [1.29, 1.82) is 0 Å². The van der Waals surface area contributed by atoms with Crippen LogP contribution in [0.5, 0.6) is 0 Å². The zero-order chi connectivity index (χ0) is 15.7. The van der Waals surface area contributed by atoms with E-state index in [0.717, 1.165) is 18.5 Å². The maximum absolute atomic E-state index is 11.6. The smallest absolute Gasteiger partial charge is 0.241 e. The second-order valence-corrected chi connectivity index (χ2v) is 5.23. The molecule has 0 spiro atoms. The zero-order valence-corrected chi connectivity index (χ0v) is 13.6. The lowest BCUT2D eigenvalue weighted by Crippen LogP contribution is -2.43.